The van der Waals surface area contributed by atoms with E-state index in [0.29, 0.717) is 17.8 Å². The number of aromatic hydroxyl groups is 1. The predicted molar refractivity (Wildman–Crippen MR) is 76.9 cm³/mol. The SMILES string of the molecule is Oc1c(Cl)cc(NCc2ccc(C(F)(F)F)cc2)cc1Cl. The molecule has 0 aliphatic carbocycles. The Bertz CT molecular complexity index is 619. The molecule has 0 bridgehead atoms. The molecule has 0 aromatic heterocycles. The maximum atomic E-state index is 12.4. The van der Waals surface area contributed by atoms with Crippen molar-refractivity contribution in [3.8, 4) is 5.75 Å². The first-order valence-electron chi connectivity index (χ1n) is 5.85. The first kappa shape index (κ1) is 15.8. The van der Waals surface area contributed by atoms with Crippen LogP contribution in [0.2, 0.25) is 10.0 Å². The van der Waals surface area contributed by atoms with Crippen LogP contribution in [0.15, 0.2) is 36.4 Å². The third kappa shape index (κ3) is 3.95. The Morgan fingerprint density at radius 1 is 1.00 bits per heavy atom. The molecule has 21 heavy (non-hydrogen) atoms. The fourth-order valence-electron chi connectivity index (χ4n) is 1.68. The Morgan fingerprint density at radius 3 is 2.00 bits per heavy atom. The van der Waals surface area contributed by atoms with Crippen molar-refractivity contribution in [2.24, 2.45) is 0 Å². The normalized spacial score (nSPS) is 11.5. The quantitative estimate of drug-likeness (QED) is 0.743. The van der Waals surface area contributed by atoms with Gasteiger partial charge in [0.1, 0.15) is 0 Å². The molecule has 2 N–H and O–H groups in total. The van der Waals surface area contributed by atoms with E-state index in [1.807, 2.05) is 0 Å². The molecular weight excluding hydrogens is 326 g/mol. The van der Waals surface area contributed by atoms with Gasteiger partial charge in [-0.3, -0.25) is 0 Å². The summed E-state index contributed by atoms with van der Waals surface area (Å²) in [6.45, 7) is 0.301. The summed E-state index contributed by atoms with van der Waals surface area (Å²) in [5.74, 6) is -0.210. The van der Waals surface area contributed by atoms with E-state index in [-0.39, 0.29) is 15.8 Å². The minimum absolute atomic E-state index is 0.0948. The minimum atomic E-state index is -4.34. The number of rotatable bonds is 3. The van der Waals surface area contributed by atoms with Crippen LogP contribution in [0.3, 0.4) is 0 Å². The highest BCUT2D eigenvalue weighted by Gasteiger charge is 2.29. The Morgan fingerprint density at radius 2 is 1.52 bits per heavy atom. The lowest BCUT2D eigenvalue weighted by Gasteiger charge is -2.10. The second kappa shape index (κ2) is 6.03. The molecule has 0 spiro atoms. The second-order valence-electron chi connectivity index (χ2n) is 4.34. The molecule has 0 unspecified atom stereocenters. The molecule has 112 valence electrons. The molecule has 2 nitrogen and oxygen atoms in total. The number of hydrogen-bond donors (Lipinski definition) is 2. The van der Waals surface area contributed by atoms with E-state index in [1.54, 1.807) is 0 Å². The number of phenolic OH excluding ortho intramolecular Hbond substituents is 1. The average Bonchev–Trinajstić information content (AvgIpc) is 2.42. The van der Waals surface area contributed by atoms with Crippen molar-refractivity contribution in [2.45, 2.75) is 12.7 Å². The lowest BCUT2D eigenvalue weighted by molar-refractivity contribution is -0.137. The van der Waals surface area contributed by atoms with E-state index < -0.39 is 11.7 Å². The van der Waals surface area contributed by atoms with Gasteiger partial charge in [0.15, 0.2) is 5.75 Å². The summed E-state index contributed by atoms with van der Waals surface area (Å²) < 4.78 is 37.3. The van der Waals surface area contributed by atoms with Crippen molar-refractivity contribution < 1.29 is 18.3 Å². The molecular formula is C14H10Cl2F3NO. The Balaban J connectivity index is 2.07. The van der Waals surface area contributed by atoms with Gasteiger partial charge in [-0.15, -0.1) is 0 Å². The Kier molecular flexibility index (Phi) is 4.54. The number of hydrogen-bond acceptors (Lipinski definition) is 2. The zero-order valence-electron chi connectivity index (χ0n) is 10.5. The Hall–Kier alpha value is -1.59. The van der Waals surface area contributed by atoms with Crippen molar-refractivity contribution in [1.82, 2.24) is 0 Å². The number of nitrogens with one attached hydrogen (secondary N) is 1. The summed E-state index contributed by atoms with van der Waals surface area (Å²) in [5, 5.41) is 12.6. The highest BCUT2D eigenvalue weighted by atomic mass is 35.5. The van der Waals surface area contributed by atoms with Crippen LogP contribution in [-0.4, -0.2) is 5.11 Å². The van der Waals surface area contributed by atoms with Crippen LogP contribution >= 0.6 is 23.2 Å². The molecule has 2 aromatic rings. The lowest BCUT2D eigenvalue weighted by Crippen LogP contribution is -2.05. The summed E-state index contributed by atoms with van der Waals surface area (Å²) in [4.78, 5) is 0. The molecule has 2 aromatic carbocycles. The van der Waals surface area contributed by atoms with Gasteiger partial charge < -0.3 is 10.4 Å². The summed E-state index contributed by atoms with van der Waals surface area (Å²) in [6.07, 6.45) is -4.34. The van der Waals surface area contributed by atoms with Crippen molar-refractivity contribution in [2.75, 3.05) is 5.32 Å². The van der Waals surface area contributed by atoms with E-state index >= 15 is 0 Å². The van der Waals surface area contributed by atoms with Gasteiger partial charge in [-0.25, -0.2) is 0 Å². The van der Waals surface area contributed by atoms with E-state index in [4.69, 9.17) is 23.2 Å². The van der Waals surface area contributed by atoms with Crippen LogP contribution < -0.4 is 5.32 Å². The van der Waals surface area contributed by atoms with E-state index in [2.05, 4.69) is 5.32 Å². The van der Waals surface area contributed by atoms with Crippen molar-refractivity contribution in [3.63, 3.8) is 0 Å². The number of halogens is 5. The first-order chi connectivity index (χ1) is 9.77. The molecule has 7 heteroatoms. The lowest BCUT2D eigenvalue weighted by atomic mass is 10.1. The standard InChI is InChI=1S/C14H10Cl2F3NO/c15-11-5-10(6-12(16)13(11)21)20-7-8-1-3-9(4-2-8)14(17,18)19/h1-6,20-21H,7H2. The second-order valence-corrected chi connectivity index (χ2v) is 5.15. The topological polar surface area (TPSA) is 32.3 Å². The molecule has 0 atom stereocenters. The summed E-state index contributed by atoms with van der Waals surface area (Å²) in [6, 6.07) is 7.78. The number of anilines is 1. The van der Waals surface area contributed by atoms with Gasteiger partial charge in [0.2, 0.25) is 0 Å². The van der Waals surface area contributed by atoms with Crippen molar-refractivity contribution in [1.29, 1.82) is 0 Å². The Labute approximate surface area is 129 Å². The van der Waals surface area contributed by atoms with Crippen LogP contribution in [0.25, 0.3) is 0 Å². The zero-order chi connectivity index (χ0) is 15.6. The summed E-state index contributed by atoms with van der Waals surface area (Å²) >= 11 is 11.5. The molecule has 0 amide bonds. The van der Waals surface area contributed by atoms with Crippen molar-refractivity contribution >= 4 is 28.9 Å². The van der Waals surface area contributed by atoms with Crippen LogP contribution in [0, 0.1) is 0 Å². The summed E-state index contributed by atoms with van der Waals surface area (Å²) in [5.41, 5.74) is 0.535. The number of alkyl halides is 3. The predicted octanol–water partition coefficient (Wildman–Crippen LogP) is 5.33. The largest absolute Gasteiger partial charge is 0.505 e. The van der Waals surface area contributed by atoms with Gasteiger partial charge in [-0.2, -0.15) is 13.2 Å². The van der Waals surface area contributed by atoms with Crippen LogP contribution in [0.5, 0.6) is 5.75 Å². The van der Waals surface area contributed by atoms with Gasteiger partial charge in [0.25, 0.3) is 0 Å². The molecule has 0 saturated heterocycles. The fourth-order valence-corrected chi connectivity index (χ4v) is 2.17. The number of phenols is 1. The maximum Gasteiger partial charge on any atom is 0.416 e. The third-order valence-electron chi connectivity index (χ3n) is 2.79. The monoisotopic (exact) mass is 335 g/mol. The molecule has 0 radical (unpaired) electrons. The van der Waals surface area contributed by atoms with Gasteiger partial charge in [0, 0.05) is 12.2 Å². The van der Waals surface area contributed by atoms with Gasteiger partial charge in [0.05, 0.1) is 15.6 Å². The van der Waals surface area contributed by atoms with Crippen LogP contribution in [0.4, 0.5) is 18.9 Å². The van der Waals surface area contributed by atoms with Gasteiger partial charge in [-0.1, -0.05) is 35.3 Å². The highest BCUT2D eigenvalue weighted by molar-refractivity contribution is 6.37. The fraction of sp³-hybridized carbons (Fsp3) is 0.143. The summed E-state index contributed by atoms with van der Waals surface area (Å²) in [7, 11) is 0. The molecule has 0 fully saturated rings. The minimum Gasteiger partial charge on any atom is -0.505 e. The van der Waals surface area contributed by atoms with E-state index in [9.17, 15) is 18.3 Å². The highest BCUT2D eigenvalue weighted by Crippen LogP contribution is 2.35. The third-order valence-corrected chi connectivity index (χ3v) is 3.37. The molecule has 2 rings (SSSR count). The smallest absolute Gasteiger partial charge is 0.416 e. The molecule has 0 saturated carbocycles. The zero-order valence-corrected chi connectivity index (χ0v) is 12.0. The van der Waals surface area contributed by atoms with E-state index in [1.165, 1.54) is 24.3 Å². The molecule has 0 aliphatic rings. The molecule has 0 heterocycles. The van der Waals surface area contributed by atoms with Crippen LogP contribution in [-0.2, 0) is 12.7 Å². The van der Waals surface area contributed by atoms with E-state index in [0.717, 1.165) is 12.1 Å². The van der Waals surface area contributed by atoms with Gasteiger partial charge >= 0.3 is 6.18 Å². The van der Waals surface area contributed by atoms with Gasteiger partial charge in [-0.05, 0) is 29.8 Å². The van der Waals surface area contributed by atoms with Crippen LogP contribution in [0.1, 0.15) is 11.1 Å². The maximum absolute atomic E-state index is 12.4. The average molecular weight is 336 g/mol. The van der Waals surface area contributed by atoms with Crippen molar-refractivity contribution in [3.05, 3.63) is 57.6 Å². The first-order valence-corrected chi connectivity index (χ1v) is 6.61. The number of benzene rings is 2. The molecule has 0 aliphatic heterocycles.